The van der Waals surface area contributed by atoms with Crippen LogP contribution in [0.1, 0.15) is 41.0 Å². The summed E-state index contributed by atoms with van der Waals surface area (Å²) in [5, 5.41) is 11.8. The molecular formula is C10H21NO2. The van der Waals surface area contributed by atoms with E-state index in [9.17, 15) is 4.79 Å². The van der Waals surface area contributed by atoms with Crippen molar-refractivity contribution in [2.24, 2.45) is 5.41 Å². The lowest BCUT2D eigenvalue weighted by Gasteiger charge is -2.30. The van der Waals surface area contributed by atoms with E-state index in [4.69, 9.17) is 5.11 Å². The second-order valence-corrected chi connectivity index (χ2v) is 4.75. The smallest absolute Gasteiger partial charge is 0.304 e. The van der Waals surface area contributed by atoms with E-state index in [0.717, 1.165) is 0 Å². The average molecular weight is 187 g/mol. The van der Waals surface area contributed by atoms with Crippen molar-refractivity contribution in [3.05, 3.63) is 0 Å². The van der Waals surface area contributed by atoms with Crippen LogP contribution in [0.5, 0.6) is 0 Å². The number of hydrogen-bond acceptors (Lipinski definition) is 2. The van der Waals surface area contributed by atoms with Crippen molar-refractivity contribution in [1.29, 1.82) is 0 Å². The average Bonchev–Trinajstić information content (AvgIpc) is 1.82. The lowest BCUT2D eigenvalue weighted by Crippen LogP contribution is -2.43. The first-order valence-corrected chi connectivity index (χ1v) is 4.71. The SMILES string of the molecule is CC(CC(=O)O)NC(C)C(C)(C)C. The van der Waals surface area contributed by atoms with Crippen LogP contribution in [-0.2, 0) is 4.79 Å². The largest absolute Gasteiger partial charge is 0.481 e. The maximum absolute atomic E-state index is 10.4. The van der Waals surface area contributed by atoms with Gasteiger partial charge < -0.3 is 10.4 Å². The Morgan fingerprint density at radius 3 is 2.15 bits per heavy atom. The van der Waals surface area contributed by atoms with Gasteiger partial charge in [0.15, 0.2) is 0 Å². The van der Waals surface area contributed by atoms with Gasteiger partial charge in [-0.2, -0.15) is 0 Å². The molecule has 0 aromatic carbocycles. The molecule has 0 aliphatic heterocycles. The number of carbonyl (C=O) groups is 1. The van der Waals surface area contributed by atoms with Gasteiger partial charge in [-0.05, 0) is 19.3 Å². The first kappa shape index (κ1) is 12.4. The van der Waals surface area contributed by atoms with E-state index in [2.05, 4.69) is 33.0 Å². The predicted molar refractivity (Wildman–Crippen MR) is 53.8 cm³/mol. The maximum atomic E-state index is 10.4. The van der Waals surface area contributed by atoms with Crippen molar-refractivity contribution in [1.82, 2.24) is 5.32 Å². The monoisotopic (exact) mass is 187 g/mol. The molecule has 78 valence electrons. The predicted octanol–water partition coefficient (Wildman–Crippen LogP) is 1.87. The van der Waals surface area contributed by atoms with Crippen molar-refractivity contribution in [2.45, 2.75) is 53.1 Å². The van der Waals surface area contributed by atoms with Crippen LogP contribution < -0.4 is 5.32 Å². The van der Waals surface area contributed by atoms with Crippen molar-refractivity contribution in [3.8, 4) is 0 Å². The van der Waals surface area contributed by atoms with Crippen LogP contribution in [0, 0.1) is 5.41 Å². The van der Waals surface area contributed by atoms with Crippen molar-refractivity contribution in [2.75, 3.05) is 0 Å². The van der Waals surface area contributed by atoms with Gasteiger partial charge in [0.2, 0.25) is 0 Å². The number of nitrogens with one attached hydrogen (secondary N) is 1. The Balaban J connectivity index is 3.92. The second kappa shape index (κ2) is 4.61. The minimum absolute atomic E-state index is 0.0340. The van der Waals surface area contributed by atoms with E-state index in [1.807, 2.05) is 6.92 Å². The van der Waals surface area contributed by atoms with Crippen molar-refractivity contribution >= 4 is 5.97 Å². The van der Waals surface area contributed by atoms with E-state index >= 15 is 0 Å². The molecule has 0 spiro atoms. The standard InChI is InChI=1S/C10H21NO2/c1-7(6-9(12)13)11-8(2)10(3,4)5/h7-8,11H,6H2,1-5H3,(H,12,13). The van der Waals surface area contributed by atoms with Gasteiger partial charge in [0, 0.05) is 12.1 Å². The highest BCUT2D eigenvalue weighted by Gasteiger charge is 2.21. The molecular weight excluding hydrogens is 166 g/mol. The summed E-state index contributed by atoms with van der Waals surface area (Å²) < 4.78 is 0. The Labute approximate surface area is 80.5 Å². The normalized spacial score (nSPS) is 16.7. The topological polar surface area (TPSA) is 49.3 Å². The zero-order chi connectivity index (χ0) is 10.6. The van der Waals surface area contributed by atoms with Crippen molar-refractivity contribution < 1.29 is 9.90 Å². The highest BCUT2D eigenvalue weighted by Crippen LogP contribution is 2.19. The third kappa shape index (κ3) is 5.64. The summed E-state index contributed by atoms with van der Waals surface area (Å²) in [5.74, 6) is -0.749. The van der Waals surface area contributed by atoms with Gasteiger partial charge in [-0.15, -0.1) is 0 Å². The van der Waals surface area contributed by atoms with E-state index in [0.29, 0.717) is 6.04 Å². The van der Waals surface area contributed by atoms with Gasteiger partial charge in [0.1, 0.15) is 0 Å². The maximum Gasteiger partial charge on any atom is 0.304 e. The van der Waals surface area contributed by atoms with Crippen LogP contribution in [0.15, 0.2) is 0 Å². The van der Waals surface area contributed by atoms with Crippen LogP contribution in [0.2, 0.25) is 0 Å². The van der Waals surface area contributed by atoms with Gasteiger partial charge in [-0.1, -0.05) is 20.8 Å². The zero-order valence-electron chi connectivity index (χ0n) is 9.22. The molecule has 0 heterocycles. The van der Waals surface area contributed by atoms with E-state index in [1.165, 1.54) is 0 Å². The molecule has 2 atom stereocenters. The fourth-order valence-electron chi connectivity index (χ4n) is 0.998. The Morgan fingerprint density at radius 1 is 1.38 bits per heavy atom. The fourth-order valence-corrected chi connectivity index (χ4v) is 0.998. The first-order valence-electron chi connectivity index (χ1n) is 4.71. The lowest BCUT2D eigenvalue weighted by atomic mass is 9.87. The Hall–Kier alpha value is -0.570. The summed E-state index contributed by atoms with van der Waals surface area (Å²) >= 11 is 0. The molecule has 3 heteroatoms. The molecule has 0 aromatic rings. The molecule has 0 aromatic heterocycles. The molecule has 0 saturated heterocycles. The highest BCUT2D eigenvalue weighted by atomic mass is 16.4. The van der Waals surface area contributed by atoms with E-state index in [1.54, 1.807) is 0 Å². The Kier molecular flexibility index (Phi) is 4.40. The van der Waals surface area contributed by atoms with Crippen LogP contribution in [0.4, 0.5) is 0 Å². The fraction of sp³-hybridized carbons (Fsp3) is 0.900. The highest BCUT2D eigenvalue weighted by molar-refractivity contribution is 5.67. The van der Waals surface area contributed by atoms with E-state index in [-0.39, 0.29) is 17.9 Å². The molecule has 0 radical (unpaired) electrons. The van der Waals surface area contributed by atoms with Gasteiger partial charge in [0.25, 0.3) is 0 Å². The number of hydrogen-bond donors (Lipinski definition) is 2. The van der Waals surface area contributed by atoms with Crippen molar-refractivity contribution in [3.63, 3.8) is 0 Å². The molecule has 0 rings (SSSR count). The number of rotatable bonds is 4. The molecule has 0 bridgehead atoms. The quantitative estimate of drug-likeness (QED) is 0.706. The lowest BCUT2D eigenvalue weighted by molar-refractivity contribution is -0.137. The molecule has 2 unspecified atom stereocenters. The van der Waals surface area contributed by atoms with Crippen LogP contribution >= 0.6 is 0 Å². The van der Waals surface area contributed by atoms with Gasteiger partial charge in [-0.25, -0.2) is 0 Å². The number of aliphatic carboxylic acids is 1. The number of carboxylic acids is 1. The van der Waals surface area contributed by atoms with Crippen LogP contribution in [0.25, 0.3) is 0 Å². The molecule has 0 amide bonds. The van der Waals surface area contributed by atoms with Crippen LogP contribution in [0.3, 0.4) is 0 Å². The number of carboxylic acid groups (broad SMARTS) is 1. The third-order valence-electron chi connectivity index (χ3n) is 2.31. The molecule has 0 aliphatic rings. The molecule has 0 saturated carbocycles. The van der Waals surface area contributed by atoms with Crippen LogP contribution in [-0.4, -0.2) is 23.2 Å². The minimum Gasteiger partial charge on any atom is -0.481 e. The first-order chi connectivity index (χ1) is 5.73. The van der Waals surface area contributed by atoms with E-state index < -0.39 is 5.97 Å². The summed E-state index contributed by atoms with van der Waals surface area (Å²) in [7, 11) is 0. The minimum atomic E-state index is -0.749. The van der Waals surface area contributed by atoms with Gasteiger partial charge in [0.05, 0.1) is 6.42 Å². The zero-order valence-corrected chi connectivity index (χ0v) is 9.22. The molecule has 2 N–H and O–H groups in total. The molecule has 0 aliphatic carbocycles. The summed E-state index contributed by atoms with van der Waals surface area (Å²) in [5.41, 5.74) is 0.173. The molecule has 13 heavy (non-hydrogen) atoms. The van der Waals surface area contributed by atoms with Gasteiger partial charge in [-0.3, -0.25) is 4.79 Å². The molecule has 0 fully saturated rings. The Morgan fingerprint density at radius 2 is 1.85 bits per heavy atom. The summed E-state index contributed by atoms with van der Waals surface area (Å²) in [6.45, 7) is 10.4. The van der Waals surface area contributed by atoms with Gasteiger partial charge >= 0.3 is 5.97 Å². The third-order valence-corrected chi connectivity index (χ3v) is 2.31. The summed E-state index contributed by atoms with van der Waals surface area (Å²) in [6, 6.07) is 0.355. The second-order valence-electron chi connectivity index (χ2n) is 4.75. The summed E-state index contributed by atoms with van der Waals surface area (Å²) in [4.78, 5) is 10.4. The Bertz CT molecular complexity index is 172. The summed E-state index contributed by atoms with van der Waals surface area (Å²) in [6.07, 6.45) is 0.181. The molecule has 3 nitrogen and oxygen atoms in total.